The summed E-state index contributed by atoms with van der Waals surface area (Å²) in [7, 11) is 0. The van der Waals surface area contributed by atoms with Gasteiger partial charge in [0.05, 0.1) is 34.4 Å². The Kier molecular flexibility index (Phi) is 13.5. The van der Waals surface area contributed by atoms with Crippen LogP contribution in [0, 0.1) is 0 Å². The average Bonchev–Trinajstić information content (AvgIpc) is 3.22. The molecule has 2 heterocycles. The van der Waals surface area contributed by atoms with Crippen molar-refractivity contribution in [2.45, 2.75) is 107 Å². The standard InChI is InChI=1S/C61H43F12NO6/c62-58(63,64)36-20-34(21-37(24-36)59(65,66)67)45-28-47-53-48(29-46(55-54(53)52(45)42-13-7-8-14-50(42)80-55)35-22-38(60(68,69)70)25-39(23-35)61(71,72)73)57(78)74(56(47)77)40-17-15-31(16-18-40)19-51(76)79-41-26-43(32-9-3-1-4-10-32)49(30-75)44(27-41)33-11-5-2-6-12-33/h7-8,13-18,20-30,32-33H,1-6,9-12,19H2. The lowest BCUT2D eigenvalue weighted by Crippen LogP contribution is -2.32. The highest BCUT2D eigenvalue weighted by atomic mass is 19.4. The number of aromatic nitrogens is 1. The summed E-state index contributed by atoms with van der Waals surface area (Å²) in [5.74, 6) is -0.221. The molecule has 2 aromatic heterocycles. The summed E-state index contributed by atoms with van der Waals surface area (Å²) in [6.45, 7) is 0. The minimum absolute atomic E-state index is 0.0283. The first-order valence-electron chi connectivity index (χ1n) is 25.7. The lowest BCUT2D eigenvalue weighted by molar-refractivity contribution is -0.144. The number of carbonyl (C=O) groups is 2. The number of fused-ring (bicyclic) bond motifs is 2. The number of hydrogen-bond donors (Lipinski definition) is 0. The number of hydrogen-bond acceptors (Lipinski definition) is 6. The molecule has 7 nitrogen and oxygen atoms in total. The van der Waals surface area contributed by atoms with Crippen LogP contribution in [0.4, 0.5) is 52.7 Å². The Balaban J connectivity index is 1.10. The number of aldehydes is 1. The third-order valence-corrected chi connectivity index (χ3v) is 15.6. The van der Waals surface area contributed by atoms with Crippen LogP contribution in [-0.4, -0.2) is 16.8 Å². The van der Waals surface area contributed by atoms with Gasteiger partial charge >= 0.3 is 30.7 Å². The van der Waals surface area contributed by atoms with Crippen molar-refractivity contribution >= 4 is 55.7 Å². The Labute approximate surface area is 445 Å². The van der Waals surface area contributed by atoms with Crippen molar-refractivity contribution in [1.29, 1.82) is 0 Å². The molecule has 80 heavy (non-hydrogen) atoms. The SMILES string of the molecule is O=Cc1c(C2CCCCC2)cc(OC(=O)Cc2ccc(-n3c(=O)c4cc(-c5cc(C(F)(F)F)cc(C(F)(F)F)c5)c5oc6ccccc6c6c(-c7cc(C(F)(F)F)cc(C(F)(F)F)c7)cc(c3=O)c4c56)cc2)cc1C1CCCCC1. The summed E-state index contributed by atoms with van der Waals surface area (Å²) in [4.78, 5) is 56.5. The highest BCUT2D eigenvalue weighted by Crippen LogP contribution is 2.50. The lowest BCUT2D eigenvalue weighted by Gasteiger charge is -2.28. The minimum atomic E-state index is -5.38. The molecule has 0 radical (unpaired) electrons. The highest BCUT2D eigenvalue weighted by Gasteiger charge is 2.40. The molecule has 0 atom stereocenters. The number of para-hydroxylation sites is 1. The van der Waals surface area contributed by atoms with E-state index in [-0.39, 0.29) is 69.0 Å². The maximum Gasteiger partial charge on any atom is 0.416 e. The zero-order chi connectivity index (χ0) is 56.8. The summed E-state index contributed by atoms with van der Waals surface area (Å²) < 4.78 is 187. The predicted octanol–water partition coefficient (Wildman–Crippen LogP) is 17.3. The molecule has 0 N–H and O–H groups in total. The van der Waals surface area contributed by atoms with Crippen molar-refractivity contribution in [2.75, 3.05) is 0 Å². The monoisotopic (exact) mass is 1110 g/mol. The molecule has 0 spiro atoms. The first kappa shape index (κ1) is 54.0. The summed E-state index contributed by atoms with van der Waals surface area (Å²) in [5.41, 5.74) is -10.3. The van der Waals surface area contributed by atoms with Crippen molar-refractivity contribution in [1.82, 2.24) is 4.57 Å². The van der Waals surface area contributed by atoms with E-state index in [1.807, 2.05) is 0 Å². The van der Waals surface area contributed by atoms with Crippen molar-refractivity contribution in [3.63, 3.8) is 0 Å². The van der Waals surface area contributed by atoms with E-state index in [2.05, 4.69) is 0 Å². The molecular weight excluding hydrogens is 1070 g/mol. The molecule has 7 aromatic carbocycles. The van der Waals surface area contributed by atoms with Gasteiger partial charge in [-0.2, -0.15) is 52.7 Å². The van der Waals surface area contributed by atoms with E-state index in [1.165, 1.54) is 48.5 Å². The maximum absolute atomic E-state index is 15.0. The summed E-state index contributed by atoms with van der Waals surface area (Å²) in [6.07, 6.45) is -11.3. The topological polar surface area (TPSA) is 95.6 Å². The van der Waals surface area contributed by atoms with Crippen LogP contribution < -0.4 is 15.9 Å². The van der Waals surface area contributed by atoms with Gasteiger partial charge in [0, 0.05) is 43.4 Å². The van der Waals surface area contributed by atoms with E-state index in [9.17, 15) is 62.3 Å². The molecule has 2 fully saturated rings. The third-order valence-electron chi connectivity index (χ3n) is 15.6. The van der Waals surface area contributed by atoms with Crippen LogP contribution in [0.25, 0.3) is 71.4 Å². The Morgan fingerprint density at radius 2 is 1.00 bits per heavy atom. The van der Waals surface area contributed by atoms with E-state index in [0.29, 0.717) is 40.0 Å². The summed E-state index contributed by atoms with van der Waals surface area (Å²) in [6, 6.07) is 17.4. The van der Waals surface area contributed by atoms with E-state index in [0.717, 1.165) is 93.8 Å². The number of halogens is 12. The Hall–Kier alpha value is -7.96. The van der Waals surface area contributed by atoms with Gasteiger partial charge in [-0.15, -0.1) is 0 Å². The second-order valence-electron chi connectivity index (χ2n) is 20.7. The van der Waals surface area contributed by atoms with Crippen LogP contribution in [-0.2, 0) is 35.9 Å². The van der Waals surface area contributed by atoms with Gasteiger partial charge in [0.25, 0.3) is 11.1 Å². The fraction of sp³-hybridized carbons (Fsp3) is 0.279. The molecule has 9 aromatic rings. The fourth-order valence-corrected chi connectivity index (χ4v) is 11.9. The molecule has 0 bridgehead atoms. The van der Waals surface area contributed by atoms with E-state index in [4.69, 9.17) is 9.15 Å². The van der Waals surface area contributed by atoms with Crippen LogP contribution in [0.5, 0.6) is 5.75 Å². The second kappa shape index (κ2) is 20.0. The molecule has 11 rings (SSSR count). The van der Waals surface area contributed by atoms with Crippen molar-refractivity contribution < 1.29 is 71.4 Å². The number of pyridine rings is 1. The first-order valence-corrected chi connectivity index (χ1v) is 25.7. The largest absolute Gasteiger partial charge is 0.455 e. The Bertz CT molecular complexity index is 3930. The smallest absolute Gasteiger partial charge is 0.416 e. The minimum Gasteiger partial charge on any atom is -0.455 e. The van der Waals surface area contributed by atoms with Gasteiger partial charge in [-0.3, -0.25) is 19.2 Å². The maximum atomic E-state index is 15.0. The summed E-state index contributed by atoms with van der Waals surface area (Å²) >= 11 is 0. The third kappa shape index (κ3) is 9.96. The number of benzene rings is 7. The van der Waals surface area contributed by atoms with Gasteiger partial charge in [0.1, 0.15) is 16.9 Å². The average molecular weight is 1110 g/mol. The van der Waals surface area contributed by atoms with E-state index >= 15 is 9.59 Å². The van der Waals surface area contributed by atoms with Crippen LogP contribution in [0.2, 0.25) is 0 Å². The van der Waals surface area contributed by atoms with Crippen molar-refractivity contribution in [2.24, 2.45) is 0 Å². The first-order chi connectivity index (χ1) is 37.9. The highest BCUT2D eigenvalue weighted by molar-refractivity contribution is 6.32. The summed E-state index contributed by atoms with van der Waals surface area (Å²) in [5, 5.41) is -1.99. The van der Waals surface area contributed by atoms with Gasteiger partial charge in [-0.1, -0.05) is 68.9 Å². The van der Waals surface area contributed by atoms with Gasteiger partial charge in [-0.25, -0.2) is 4.57 Å². The molecule has 412 valence electrons. The molecule has 0 aliphatic heterocycles. The number of carbonyl (C=O) groups excluding carboxylic acids is 2. The van der Waals surface area contributed by atoms with Crippen LogP contribution in [0.3, 0.4) is 0 Å². The number of ether oxygens (including phenoxy) is 1. The number of nitrogens with zero attached hydrogens (tertiary/aromatic N) is 1. The fourth-order valence-electron chi connectivity index (χ4n) is 11.9. The number of rotatable bonds is 9. The second-order valence-corrected chi connectivity index (χ2v) is 20.7. The quantitative estimate of drug-likeness (QED) is 0.0357. The molecule has 0 amide bonds. The molecule has 2 aliphatic rings. The Morgan fingerprint density at radius 1 is 0.537 bits per heavy atom. The van der Waals surface area contributed by atoms with Gasteiger partial charge < -0.3 is 9.15 Å². The molecule has 0 saturated heterocycles. The zero-order valence-electron chi connectivity index (χ0n) is 41.8. The van der Waals surface area contributed by atoms with Crippen LogP contribution in [0.1, 0.15) is 125 Å². The van der Waals surface area contributed by atoms with Gasteiger partial charge in [0.2, 0.25) is 0 Å². The van der Waals surface area contributed by atoms with E-state index < -0.39 is 103 Å². The van der Waals surface area contributed by atoms with Gasteiger partial charge in [-0.05, 0) is 150 Å². The van der Waals surface area contributed by atoms with E-state index in [1.54, 1.807) is 12.1 Å². The number of alkyl halides is 12. The lowest BCUT2D eigenvalue weighted by atomic mass is 9.77. The normalized spacial score (nSPS) is 15.4. The Morgan fingerprint density at radius 3 is 1.48 bits per heavy atom. The number of esters is 1. The van der Waals surface area contributed by atoms with Crippen molar-refractivity contribution in [3.8, 4) is 33.7 Å². The molecule has 2 aliphatic carbocycles. The molecule has 19 heteroatoms. The van der Waals surface area contributed by atoms with Crippen molar-refractivity contribution in [3.05, 3.63) is 174 Å². The zero-order valence-corrected chi connectivity index (χ0v) is 41.8. The molecular formula is C61H43F12NO6. The molecule has 0 unspecified atom stereocenters. The van der Waals surface area contributed by atoms with Gasteiger partial charge in [0.15, 0.2) is 6.29 Å². The predicted molar refractivity (Wildman–Crippen MR) is 275 cm³/mol. The van der Waals surface area contributed by atoms with Crippen LogP contribution >= 0.6 is 0 Å². The molecule has 2 saturated carbocycles. The van der Waals surface area contributed by atoms with Crippen LogP contribution in [0.15, 0.2) is 123 Å².